The number of rotatable bonds is 2. The minimum atomic E-state index is 0.0445. The summed E-state index contributed by atoms with van der Waals surface area (Å²) in [6, 6.07) is 9.47. The summed E-state index contributed by atoms with van der Waals surface area (Å²) in [6.07, 6.45) is 1.83. The molecular formula is C13H13NO. The van der Waals surface area contributed by atoms with Crippen LogP contribution in [0.5, 0.6) is 0 Å². The Balaban J connectivity index is 2.32. The lowest BCUT2D eigenvalue weighted by atomic mass is 10.1. The van der Waals surface area contributed by atoms with Gasteiger partial charge >= 0.3 is 0 Å². The number of carbonyl (C=O) groups is 1. The second-order valence-electron chi connectivity index (χ2n) is 3.79. The smallest absolute Gasteiger partial charge is 0.209 e. The Morgan fingerprint density at radius 2 is 1.73 bits per heavy atom. The SMILES string of the molecule is Cc1ccc(C(=O)c2cc(C)c[nH]2)cc1. The van der Waals surface area contributed by atoms with Crippen molar-refractivity contribution in [3.05, 3.63) is 58.9 Å². The third-order valence-corrected chi connectivity index (χ3v) is 2.39. The fourth-order valence-electron chi connectivity index (χ4n) is 1.49. The molecule has 1 N–H and O–H groups in total. The molecule has 1 heterocycles. The Morgan fingerprint density at radius 1 is 1.07 bits per heavy atom. The number of nitrogens with one attached hydrogen (secondary N) is 1. The van der Waals surface area contributed by atoms with Crippen LogP contribution >= 0.6 is 0 Å². The lowest BCUT2D eigenvalue weighted by Gasteiger charge is -1.98. The molecule has 0 saturated heterocycles. The summed E-state index contributed by atoms with van der Waals surface area (Å²) in [5.41, 5.74) is 3.61. The lowest BCUT2D eigenvalue weighted by Crippen LogP contribution is -2.01. The second kappa shape index (κ2) is 3.73. The fourth-order valence-corrected chi connectivity index (χ4v) is 1.49. The average Bonchev–Trinajstić information content (AvgIpc) is 2.65. The maximum atomic E-state index is 11.9. The van der Waals surface area contributed by atoms with Crippen LogP contribution in [-0.4, -0.2) is 10.8 Å². The number of H-pyrrole nitrogens is 1. The van der Waals surface area contributed by atoms with Gasteiger partial charge in [-0.3, -0.25) is 4.79 Å². The van der Waals surface area contributed by atoms with Crippen LogP contribution in [0.15, 0.2) is 36.5 Å². The minimum Gasteiger partial charge on any atom is -0.358 e. The van der Waals surface area contributed by atoms with Crippen LogP contribution in [0.1, 0.15) is 27.2 Å². The normalized spacial score (nSPS) is 10.3. The van der Waals surface area contributed by atoms with Crippen LogP contribution in [0, 0.1) is 13.8 Å². The van der Waals surface area contributed by atoms with Crippen molar-refractivity contribution in [2.45, 2.75) is 13.8 Å². The van der Waals surface area contributed by atoms with Crippen molar-refractivity contribution >= 4 is 5.78 Å². The summed E-state index contributed by atoms with van der Waals surface area (Å²) < 4.78 is 0. The van der Waals surface area contributed by atoms with Crippen LogP contribution in [0.3, 0.4) is 0 Å². The molecular weight excluding hydrogens is 186 g/mol. The van der Waals surface area contributed by atoms with Gasteiger partial charge in [-0.15, -0.1) is 0 Å². The summed E-state index contributed by atoms with van der Waals surface area (Å²) in [6.45, 7) is 3.97. The van der Waals surface area contributed by atoms with Crippen LogP contribution in [-0.2, 0) is 0 Å². The molecule has 0 unspecified atom stereocenters. The molecule has 2 heteroatoms. The molecule has 76 valence electrons. The van der Waals surface area contributed by atoms with Crippen molar-refractivity contribution in [1.29, 1.82) is 0 Å². The number of benzene rings is 1. The Morgan fingerprint density at radius 3 is 2.27 bits per heavy atom. The Bertz CT molecular complexity index is 479. The van der Waals surface area contributed by atoms with Crippen molar-refractivity contribution in [1.82, 2.24) is 4.98 Å². The van der Waals surface area contributed by atoms with Crippen molar-refractivity contribution in [2.75, 3.05) is 0 Å². The summed E-state index contributed by atoms with van der Waals surface area (Å²) in [5, 5.41) is 0. The number of ketones is 1. The summed E-state index contributed by atoms with van der Waals surface area (Å²) in [7, 11) is 0. The quantitative estimate of drug-likeness (QED) is 0.741. The number of aromatic nitrogens is 1. The number of hydrogen-bond acceptors (Lipinski definition) is 1. The van der Waals surface area contributed by atoms with Gasteiger partial charge in [-0.1, -0.05) is 29.8 Å². The monoisotopic (exact) mass is 199 g/mol. The molecule has 15 heavy (non-hydrogen) atoms. The van der Waals surface area contributed by atoms with Gasteiger partial charge in [-0.2, -0.15) is 0 Å². The van der Waals surface area contributed by atoms with E-state index < -0.39 is 0 Å². The predicted octanol–water partition coefficient (Wildman–Crippen LogP) is 2.86. The van der Waals surface area contributed by atoms with Crippen LogP contribution in [0.4, 0.5) is 0 Å². The molecule has 0 saturated carbocycles. The zero-order chi connectivity index (χ0) is 10.8. The van der Waals surface area contributed by atoms with Crippen LogP contribution in [0.25, 0.3) is 0 Å². The van der Waals surface area contributed by atoms with E-state index in [1.165, 1.54) is 0 Å². The van der Waals surface area contributed by atoms with Gasteiger partial charge in [0, 0.05) is 11.8 Å². The van der Waals surface area contributed by atoms with Crippen LogP contribution in [0.2, 0.25) is 0 Å². The third-order valence-electron chi connectivity index (χ3n) is 2.39. The number of hydrogen-bond donors (Lipinski definition) is 1. The molecule has 0 amide bonds. The summed E-state index contributed by atoms with van der Waals surface area (Å²) >= 11 is 0. The largest absolute Gasteiger partial charge is 0.358 e. The van der Waals surface area contributed by atoms with Crippen molar-refractivity contribution in [3.63, 3.8) is 0 Å². The molecule has 2 rings (SSSR count). The Kier molecular flexibility index (Phi) is 2.42. The lowest BCUT2D eigenvalue weighted by molar-refractivity contribution is 0.103. The maximum absolute atomic E-state index is 11.9. The van der Waals surface area contributed by atoms with Gasteiger partial charge < -0.3 is 4.98 Å². The molecule has 0 aliphatic rings. The fraction of sp³-hybridized carbons (Fsp3) is 0.154. The Hall–Kier alpha value is -1.83. The summed E-state index contributed by atoms with van der Waals surface area (Å²) in [5.74, 6) is 0.0445. The molecule has 0 spiro atoms. The van der Waals surface area contributed by atoms with E-state index in [9.17, 15) is 4.79 Å². The average molecular weight is 199 g/mol. The van der Waals surface area contributed by atoms with Gasteiger partial charge in [-0.25, -0.2) is 0 Å². The number of aryl methyl sites for hydroxylation is 2. The van der Waals surface area contributed by atoms with E-state index in [4.69, 9.17) is 0 Å². The number of carbonyl (C=O) groups excluding carboxylic acids is 1. The first kappa shape index (κ1) is 9.71. The molecule has 1 aromatic carbocycles. The molecule has 2 nitrogen and oxygen atoms in total. The summed E-state index contributed by atoms with van der Waals surface area (Å²) in [4.78, 5) is 14.9. The molecule has 1 aromatic heterocycles. The van der Waals surface area contributed by atoms with Crippen molar-refractivity contribution in [3.8, 4) is 0 Å². The molecule has 0 atom stereocenters. The van der Waals surface area contributed by atoms with E-state index in [1.807, 2.05) is 50.4 Å². The van der Waals surface area contributed by atoms with Crippen LogP contribution < -0.4 is 0 Å². The topological polar surface area (TPSA) is 32.9 Å². The highest BCUT2D eigenvalue weighted by Crippen LogP contribution is 2.10. The van der Waals surface area contributed by atoms with Gasteiger partial charge in [-0.05, 0) is 25.5 Å². The van der Waals surface area contributed by atoms with E-state index in [-0.39, 0.29) is 5.78 Å². The van der Waals surface area contributed by atoms with Gasteiger partial charge in [0.15, 0.2) is 0 Å². The predicted molar refractivity (Wildman–Crippen MR) is 60.1 cm³/mol. The van der Waals surface area contributed by atoms with Crippen molar-refractivity contribution < 1.29 is 4.79 Å². The van der Waals surface area contributed by atoms with E-state index >= 15 is 0 Å². The molecule has 0 fully saturated rings. The minimum absolute atomic E-state index is 0.0445. The van der Waals surface area contributed by atoms with E-state index in [0.717, 1.165) is 16.7 Å². The van der Waals surface area contributed by atoms with Gasteiger partial charge in [0.05, 0.1) is 5.69 Å². The highest BCUT2D eigenvalue weighted by Gasteiger charge is 2.09. The zero-order valence-electron chi connectivity index (χ0n) is 8.87. The maximum Gasteiger partial charge on any atom is 0.209 e. The molecule has 2 aromatic rings. The van der Waals surface area contributed by atoms with Gasteiger partial charge in [0.2, 0.25) is 5.78 Å². The van der Waals surface area contributed by atoms with E-state index in [0.29, 0.717) is 5.69 Å². The first-order valence-corrected chi connectivity index (χ1v) is 4.93. The van der Waals surface area contributed by atoms with E-state index in [1.54, 1.807) is 0 Å². The molecule has 0 aliphatic carbocycles. The third kappa shape index (κ3) is 1.99. The number of aromatic amines is 1. The van der Waals surface area contributed by atoms with Gasteiger partial charge in [0.1, 0.15) is 0 Å². The zero-order valence-corrected chi connectivity index (χ0v) is 8.87. The second-order valence-corrected chi connectivity index (χ2v) is 3.79. The molecule has 0 bridgehead atoms. The first-order valence-electron chi connectivity index (χ1n) is 4.93. The van der Waals surface area contributed by atoms with Crippen molar-refractivity contribution in [2.24, 2.45) is 0 Å². The molecule has 0 aliphatic heterocycles. The molecule has 0 radical (unpaired) electrons. The first-order chi connectivity index (χ1) is 7.16. The highest BCUT2D eigenvalue weighted by atomic mass is 16.1. The standard InChI is InChI=1S/C13H13NO/c1-9-3-5-11(6-4-9)13(15)12-7-10(2)8-14-12/h3-8,14H,1-2H3. The highest BCUT2D eigenvalue weighted by molar-refractivity contribution is 6.07. The van der Waals surface area contributed by atoms with E-state index in [2.05, 4.69) is 4.98 Å². The Labute approximate surface area is 89.0 Å². The van der Waals surface area contributed by atoms with Gasteiger partial charge in [0.25, 0.3) is 0 Å².